The molecule has 0 spiro atoms. The lowest BCUT2D eigenvalue weighted by atomic mass is 10.2. The molecule has 10 nitrogen and oxygen atoms in total. The number of hydrogen-bond donors (Lipinski definition) is 2. The first-order valence-corrected chi connectivity index (χ1v) is 10.00. The second-order valence-corrected chi connectivity index (χ2v) is 7.39. The first-order valence-electron chi connectivity index (χ1n) is 10.00. The number of nitrogens with zero attached hydrogens (tertiary/aromatic N) is 6. The van der Waals surface area contributed by atoms with Gasteiger partial charge in [0.25, 0.3) is 11.8 Å². The van der Waals surface area contributed by atoms with Crippen LogP contribution in [0, 0.1) is 0 Å². The van der Waals surface area contributed by atoms with Crippen LogP contribution in [-0.4, -0.2) is 41.3 Å². The van der Waals surface area contributed by atoms with Crippen LogP contribution in [0.2, 0.25) is 0 Å². The second kappa shape index (κ2) is 8.80. The zero-order valence-electron chi connectivity index (χ0n) is 17.9. The quantitative estimate of drug-likeness (QED) is 0.485. The third-order valence-electron chi connectivity index (χ3n) is 4.79. The SMILES string of the molecule is CC(C)n1cnnc1-c1cccc(NC(=O)c2cccc(NC(=O)c3ccnn3C)c2)n1. The number of hydrogen-bond acceptors (Lipinski definition) is 6. The summed E-state index contributed by atoms with van der Waals surface area (Å²) >= 11 is 0. The lowest BCUT2D eigenvalue weighted by Gasteiger charge is -2.11. The maximum Gasteiger partial charge on any atom is 0.273 e. The average Bonchev–Trinajstić information content (AvgIpc) is 3.43. The normalized spacial score (nSPS) is 10.9. The molecule has 32 heavy (non-hydrogen) atoms. The lowest BCUT2D eigenvalue weighted by molar-refractivity contribution is 0.101. The number of aromatic nitrogens is 6. The van der Waals surface area contributed by atoms with Gasteiger partial charge in [-0.2, -0.15) is 5.10 Å². The van der Waals surface area contributed by atoms with E-state index in [4.69, 9.17) is 0 Å². The molecule has 3 aromatic heterocycles. The van der Waals surface area contributed by atoms with Crippen molar-refractivity contribution < 1.29 is 9.59 Å². The zero-order chi connectivity index (χ0) is 22.7. The zero-order valence-corrected chi connectivity index (χ0v) is 17.9. The van der Waals surface area contributed by atoms with Crippen molar-refractivity contribution in [1.82, 2.24) is 29.5 Å². The monoisotopic (exact) mass is 430 g/mol. The Morgan fingerprint density at radius 1 is 1.00 bits per heavy atom. The van der Waals surface area contributed by atoms with Crippen LogP contribution < -0.4 is 10.6 Å². The van der Waals surface area contributed by atoms with Crippen molar-refractivity contribution in [1.29, 1.82) is 0 Å². The number of nitrogens with one attached hydrogen (secondary N) is 2. The molecule has 0 fully saturated rings. The van der Waals surface area contributed by atoms with Crippen LogP contribution >= 0.6 is 0 Å². The smallest absolute Gasteiger partial charge is 0.273 e. The van der Waals surface area contributed by atoms with Gasteiger partial charge < -0.3 is 15.2 Å². The van der Waals surface area contributed by atoms with E-state index < -0.39 is 0 Å². The first kappa shape index (κ1) is 20.9. The summed E-state index contributed by atoms with van der Waals surface area (Å²) in [5.41, 5.74) is 1.89. The molecule has 4 aromatic rings. The number of amides is 2. The topological polar surface area (TPSA) is 120 Å². The average molecular weight is 430 g/mol. The molecule has 0 atom stereocenters. The Labute approximate surface area is 184 Å². The van der Waals surface area contributed by atoms with Crippen LogP contribution in [0.1, 0.15) is 40.7 Å². The van der Waals surface area contributed by atoms with Crippen LogP contribution in [-0.2, 0) is 7.05 Å². The van der Waals surface area contributed by atoms with Gasteiger partial charge in [-0.1, -0.05) is 12.1 Å². The van der Waals surface area contributed by atoms with Crippen molar-refractivity contribution in [3.8, 4) is 11.5 Å². The molecule has 0 bridgehead atoms. The molecule has 1 aromatic carbocycles. The maximum atomic E-state index is 12.8. The Balaban J connectivity index is 1.50. The molecule has 0 aliphatic rings. The van der Waals surface area contributed by atoms with Gasteiger partial charge in [-0.3, -0.25) is 14.3 Å². The van der Waals surface area contributed by atoms with Crippen LogP contribution in [0.5, 0.6) is 0 Å². The number of carbonyl (C=O) groups excluding carboxylic acids is 2. The van der Waals surface area contributed by atoms with Gasteiger partial charge in [0.05, 0.1) is 0 Å². The highest BCUT2D eigenvalue weighted by atomic mass is 16.2. The fourth-order valence-corrected chi connectivity index (χ4v) is 3.15. The van der Waals surface area contributed by atoms with Gasteiger partial charge in [0.15, 0.2) is 5.82 Å². The van der Waals surface area contributed by atoms with Gasteiger partial charge in [0.1, 0.15) is 23.5 Å². The van der Waals surface area contributed by atoms with Gasteiger partial charge in [0, 0.05) is 30.5 Å². The van der Waals surface area contributed by atoms with E-state index in [1.54, 1.807) is 62.0 Å². The fourth-order valence-electron chi connectivity index (χ4n) is 3.15. The molecule has 4 rings (SSSR count). The Kier molecular flexibility index (Phi) is 5.75. The summed E-state index contributed by atoms with van der Waals surface area (Å²) in [4.78, 5) is 29.7. The van der Waals surface area contributed by atoms with Crippen molar-refractivity contribution in [3.05, 3.63) is 72.3 Å². The molecule has 0 aliphatic carbocycles. The van der Waals surface area contributed by atoms with E-state index >= 15 is 0 Å². The minimum Gasteiger partial charge on any atom is -0.321 e. The molecular formula is C22H22N8O2. The third kappa shape index (κ3) is 4.38. The maximum absolute atomic E-state index is 12.8. The summed E-state index contributed by atoms with van der Waals surface area (Å²) in [5.74, 6) is 0.342. The van der Waals surface area contributed by atoms with Gasteiger partial charge in [-0.05, 0) is 50.2 Å². The van der Waals surface area contributed by atoms with Gasteiger partial charge >= 0.3 is 0 Å². The number of benzene rings is 1. The Morgan fingerprint density at radius 3 is 2.56 bits per heavy atom. The van der Waals surface area contributed by atoms with E-state index in [1.807, 2.05) is 24.5 Å². The first-order chi connectivity index (χ1) is 15.4. The summed E-state index contributed by atoms with van der Waals surface area (Å²) in [7, 11) is 1.68. The number of carbonyl (C=O) groups is 2. The van der Waals surface area contributed by atoms with Gasteiger partial charge in [-0.25, -0.2) is 4.98 Å². The minimum atomic E-state index is -0.350. The largest absolute Gasteiger partial charge is 0.321 e. The molecule has 0 saturated carbocycles. The van der Waals surface area contributed by atoms with E-state index in [-0.39, 0.29) is 17.9 Å². The van der Waals surface area contributed by atoms with Crippen LogP contribution in [0.25, 0.3) is 11.5 Å². The highest BCUT2D eigenvalue weighted by Crippen LogP contribution is 2.20. The fraction of sp³-hybridized carbons (Fsp3) is 0.182. The van der Waals surface area contributed by atoms with E-state index in [0.29, 0.717) is 34.3 Å². The van der Waals surface area contributed by atoms with Crippen LogP contribution in [0.3, 0.4) is 0 Å². The molecule has 0 saturated heterocycles. The van der Waals surface area contributed by atoms with Crippen molar-refractivity contribution in [2.24, 2.45) is 7.05 Å². The van der Waals surface area contributed by atoms with Crippen LogP contribution in [0.4, 0.5) is 11.5 Å². The summed E-state index contributed by atoms with van der Waals surface area (Å²) < 4.78 is 3.38. The minimum absolute atomic E-state index is 0.171. The third-order valence-corrected chi connectivity index (χ3v) is 4.79. The molecule has 0 unspecified atom stereocenters. The highest BCUT2D eigenvalue weighted by Gasteiger charge is 2.14. The number of aryl methyl sites for hydroxylation is 1. The van der Waals surface area contributed by atoms with Crippen molar-refractivity contribution in [2.45, 2.75) is 19.9 Å². The molecule has 10 heteroatoms. The predicted octanol–water partition coefficient (Wildman–Crippen LogP) is 3.16. The summed E-state index contributed by atoms with van der Waals surface area (Å²) in [5, 5.41) is 17.7. The lowest BCUT2D eigenvalue weighted by Crippen LogP contribution is -2.17. The van der Waals surface area contributed by atoms with Crippen LogP contribution in [0.15, 0.2) is 61.1 Å². The number of pyridine rings is 1. The van der Waals surface area contributed by atoms with Gasteiger partial charge in [0.2, 0.25) is 0 Å². The van der Waals surface area contributed by atoms with Crippen molar-refractivity contribution in [2.75, 3.05) is 10.6 Å². The molecule has 2 amide bonds. The summed E-state index contributed by atoms with van der Waals surface area (Å²) in [6, 6.07) is 13.8. The predicted molar refractivity (Wildman–Crippen MR) is 119 cm³/mol. The van der Waals surface area contributed by atoms with Crippen molar-refractivity contribution >= 4 is 23.3 Å². The Morgan fingerprint density at radius 2 is 1.81 bits per heavy atom. The molecule has 3 heterocycles. The Hall–Kier alpha value is -4.34. The van der Waals surface area contributed by atoms with Crippen molar-refractivity contribution in [3.63, 3.8) is 0 Å². The molecule has 0 aliphatic heterocycles. The number of rotatable bonds is 6. The molecule has 162 valence electrons. The van der Waals surface area contributed by atoms with E-state index in [0.717, 1.165) is 0 Å². The Bertz CT molecular complexity index is 1270. The molecule has 2 N–H and O–H groups in total. The second-order valence-electron chi connectivity index (χ2n) is 7.39. The van der Waals surface area contributed by atoms with E-state index in [9.17, 15) is 9.59 Å². The highest BCUT2D eigenvalue weighted by molar-refractivity contribution is 6.06. The van der Waals surface area contributed by atoms with E-state index in [1.165, 1.54) is 4.68 Å². The molecular weight excluding hydrogens is 408 g/mol. The standard InChI is InChI=1S/C22H22N8O2/c1-14(2)30-13-23-28-20(30)17-8-5-9-19(26-17)27-21(31)15-6-4-7-16(12-15)25-22(32)18-10-11-24-29(18)3/h4-14H,1-3H3,(H,25,32)(H,26,27,31). The van der Waals surface area contributed by atoms with E-state index in [2.05, 4.69) is 30.9 Å². The van der Waals surface area contributed by atoms with Gasteiger partial charge in [-0.15, -0.1) is 10.2 Å². The summed E-state index contributed by atoms with van der Waals surface area (Å²) in [6.07, 6.45) is 3.20. The number of anilines is 2. The summed E-state index contributed by atoms with van der Waals surface area (Å²) in [6.45, 7) is 4.05. The molecule has 0 radical (unpaired) electrons.